The summed E-state index contributed by atoms with van der Waals surface area (Å²) in [6.07, 6.45) is 0.646. The van der Waals surface area contributed by atoms with Crippen molar-refractivity contribution in [1.82, 2.24) is 14.8 Å². The molecule has 5 rings (SSSR count). The third-order valence-electron chi connectivity index (χ3n) is 5.08. The van der Waals surface area contributed by atoms with Crippen molar-refractivity contribution in [3.05, 3.63) is 90.3 Å². The van der Waals surface area contributed by atoms with E-state index >= 15 is 0 Å². The van der Waals surface area contributed by atoms with E-state index in [0.29, 0.717) is 42.0 Å². The first-order valence-electron chi connectivity index (χ1n) is 10.6. The molecule has 0 aliphatic carbocycles. The first-order chi connectivity index (χ1) is 16.3. The molecule has 0 saturated carbocycles. The number of hydrogen-bond donors (Lipinski definition) is 1. The summed E-state index contributed by atoms with van der Waals surface area (Å²) in [5.41, 5.74) is 2.78. The van der Waals surface area contributed by atoms with Crippen LogP contribution in [-0.2, 0) is 11.2 Å². The number of anilines is 1. The van der Waals surface area contributed by atoms with Crippen molar-refractivity contribution in [3.63, 3.8) is 0 Å². The van der Waals surface area contributed by atoms with Crippen molar-refractivity contribution >= 4 is 23.4 Å². The molecule has 3 aromatic carbocycles. The van der Waals surface area contributed by atoms with Crippen LogP contribution in [0.1, 0.15) is 11.4 Å². The molecule has 0 spiro atoms. The minimum Gasteiger partial charge on any atom is -0.486 e. The lowest BCUT2D eigenvalue weighted by Crippen LogP contribution is -2.17. The van der Waals surface area contributed by atoms with Gasteiger partial charge < -0.3 is 14.8 Å². The van der Waals surface area contributed by atoms with E-state index in [1.807, 2.05) is 53.1 Å². The second-order valence-electron chi connectivity index (χ2n) is 7.43. The molecule has 0 fully saturated rings. The summed E-state index contributed by atoms with van der Waals surface area (Å²) >= 11 is 1.35. The molecule has 0 saturated heterocycles. The Morgan fingerprint density at radius 1 is 0.909 bits per heavy atom. The van der Waals surface area contributed by atoms with Crippen LogP contribution in [0.15, 0.2) is 84.0 Å². The zero-order chi connectivity index (χ0) is 22.5. The SMILES string of the molecule is O=C(CSc1nnc(Cc2ccccc2)n1-c1ccccc1)Nc1ccc2c(c1)OCCO2. The molecule has 0 radical (unpaired) electrons. The molecule has 8 heteroatoms. The fourth-order valence-electron chi connectivity index (χ4n) is 3.57. The molecule has 7 nitrogen and oxygen atoms in total. The molecule has 0 unspecified atom stereocenters. The number of para-hydroxylation sites is 1. The second kappa shape index (κ2) is 9.79. The molecule has 0 bridgehead atoms. The average Bonchev–Trinajstić information content (AvgIpc) is 3.26. The van der Waals surface area contributed by atoms with E-state index in [1.54, 1.807) is 18.2 Å². The normalized spacial score (nSPS) is 12.4. The van der Waals surface area contributed by atoms with Gasteiger partial charge in [-0.25, -0.2) is 0 Å². The number of amides is 1. The average molecular weight is 459 g/mol. The van der Waals surface area contributed by atoms with Crippen LogP contribution in [0.3, 0.4) is 0 Å². The minimum atomic E-state index is -0.135. The molecule has 33 heavy (non-hydrogen) atoms. The molecule has 166 valence electrons. The fraction of sp³-hybridized carbons (Fsp3) is 0.160. The number of carbonyl (C=O) groups is 1. The van der Waals surface area contributed by atoms with Gasteiger partial charge in [-0.15, -0.1) is 10.2 Å². The molecule has 2 heterocycles. The highest BCUT2D eigenvalue weighted by atomic mass is 32.2. The molecule has 4 aromatic rings. The van der Waals surface area contributed by atoms with Crippen LogP contribution >= 0.6 is 11.8 Å². The van der Waals surface area contributed by atoms with Crippen LogP contribution in [0.4, 0.5) is 5.69 Å². The van der Waals surface area contributed by atoms with Crippen LogP contribution < -0.4 is 14.8 Å². The third-order valence-corrected chi connectivity index (χ3v) is 6.01. The van der Waals surface area contributed by atoms with E-state index < -0.39 is 0 Å². The minimum absolute atomic E-state index is 0.135. The van der Waals surface area contributed by atoms with Gasteiger partial charge in [0.1, 0.15) is 19.0 Å². The quantitative estimate of drug-likeness (QED) is 0.415. The summed E-state index contributed by atoms with van der Waals surface area (Å²) in [4.78, 5) is 12.6. The molecule has 1 aliphatic heterocycles. The van der Waals surface area contributed by atoms with Crippen molar-refractivity contribution < 1.29 is 14.3 Å². The molecule has 0 atom stereocenters. The Balaban J connectivity index is 1.31. The Morgan fingerprint density at radius 2 is 1.64 bits per heavy atom. The monoisotopic (exact) mass is 458 g/mol. The molecular formula is C25H22N4O3S. The van der Waals surface area contributed by atoms with E-state index in [1.165, 1.54) is 11.8 Å². The summed E-state index contributed by atoms with van der Waals surface area (Å²) in [6.45, 7) is 1.03. The van der Waals surface area contributed by atoms with Gasteiger partial charge in [-0.1, -0.05) is 60.3 Å². The number of ether oxygens (including phenoxy) is 2. The lowest BCUT2D eigenvalue weighted by atomic mass is 10.1. The zero-order valence-corrected chi connectivity index (χ0v) is 18.6. The van der Waals surface area contributed by atoms with Crippen LogP contribution in [-0.4, -0.2) is 39.6 Å². The van der Waals surface area contributed by atoms with Crippen LogP contribution in [0.2, 0.25) is 0 Å². The summed E-state index contributed by atoms with van der Waals surface area (Å²) in [7, 11) is 0. The van der Waals surface area contributed by atoms with E-state index in [2.05, 4.69) is 27.6 Å². The number of aromatic nitrogens is 3. The Kier molecular flexibility index (Phi) is 6.25. The second-order valence-corrected chi connectivity index (χ2v) is 8.37. The molecule has 1 amide bonds. The Bertz CT molecular complexity index is 1250. The van der Waals surface area contributed by atoms with Crippen LogP contribution in [0.25, 0.3) is 5.69 Å². The van der Waals surface area contributed by atoms with Gasteiger partial charge in [-0.3, -0.25) is 9.36 Å². The number of rotatable bonds is 7. The maximum Gasteiger partial charge on any atom is 0.234 e. The van der Waals surface area contributed by atoms with Crippen molar-refractivity contribution in [2.45, 2.75) is 11.6 Å². The van der Waals surface area contributed by atoms with Crippen LogP contribution in [0.5, 0.6) is 11.5 Å². The predicted molar refractivity (Wildman–Crippen MR) is 127 cm³/mol. The lowest BCUT2D eigenvalue weighted by Gasteiger charge is -2.19. The molecule has 1 aromatic heterocycles. The number of fused-ring (bicyclic) bond motifs is 1. The van der Waals surface area contributed by atoms with Gasteiger partial charge in [-0.05, 0) is 29.8 Å². The Labute approximate surface area is 195 Å². The summed E-state index contributed by atoms with van der Waals surface area (Å²) in [5.74, 6) is 2.22. The predicted octanol–water partition coefficient (Wildman–Crippen LogP) is 4.36. The highest BCUT2D eigenvalue weighted by Crippen LogP contribution is 2.32. The number of carbonyl (C=O) groups excluding carboxylic acids is 1. The molecule has 1 N–H and O–H groups in total. The summed E-state index contributed by atoms with van der Waals surface area (Å²) in [6, 6.07) is 25.5. The molecular weight excluding hydrogens is 436 g/mol. The van der Waals surface area contributed by atoms with Gasteiger partial charge in [0.15, 0.2) is 16.7 Å². The van der Waals surface area contributed by atoms with Crippen LogP contribution in [0, 0.1) is 0 Å². The number of nitrogens with one attached hydrogen (secondary N) is 1. The highest BCUT2D eigenvalue weighted by Gasteiger charge is 2.17. The Morgan fingerprint density at radius 3 is 2.42 bits per heavy atom. The number of hydrogen-bond acceptors (Lipinski definition) is 6. The van der Waals surface area contributed by atoms with Crippen molar-refractivity contribution in [1.29, 1.82) is 0 Å². The standard InChI is InChI=1S/C25H22N4O3S/c30-24(26-19-11-12-21-22(16-19)32-14-13-31-21)17-33-25-28-27-23(15-18-7-3-1-4-8-18)29(25)20-9-5-2-6-10-20/h1-12,16H,13-15,17H2,(H,26,30). The van der Waals surface area contributed by atoms with Crippen molar-refractivity contribution in [2.75, 3.05) is 24.3 Å². The van der Waals surface area contributed by atoms with Gasteiger partial charge >= 0.3 is 0 Å². The number of nitrogens with zero attached hydrogens (tertiary/aromatic N) is 3. The van der Waals surface area contributed by atoms with Gasteiger partial charge in [0.25, 0.3) is 0 Å². The fourth-order valence-corrected chi connectivity index (χ4v) is 4.34. The maximum absolute atomic E-state index is 12.6. The maximum atomic E-state index is 12.6. The van der Waals surface area contributed by atoms with Gasteiger partial charge in [0.05, 0.1) is 5.75 Å². The first kappa shape index (κ1) is 21.1. The highest BCUT2D eigenvalue weighted by molar-refractivity contribution is 7.99. The topological polar surface area (TPSA) is 78.3 Å². The zero-order valence-electron chi connectivity index (χ0n) is 17.8. The Hall–Kier alpha value is -3.78. The number of benzene rings is 3. The van der Waals surface area contributed by atoms with Crippen molar-refractivity contribution in [2.24, 2.45) is 0 Å². The smallest absolute Gasteiger partial charge is 0.234 e. The van der Waals surface area contributed by atoms with Gasteiger partial charge in [-0.2, -0.15) is 0 Å². The lowest BCUT2D eigenvalue weighted by molar-refractivity contribution is -0.113. The first-order valence-corrected chi connectivity index (χ1v) is 11.6. The summed E-state index contributed by atoms with van der Waals surface area (Å²) in [5, 5.41) is 12.4. The molecule has 1 aliphatic rings. The van der Waals surface area contributed by atoms with Crippen molar-refractivity contribution in [3.8, 4) is 17.2 Å². The van der Waals surface area contributed by atoms with E-state index in [-0.39, 0.29) is 11.7 Å². The summed E-state index contributed by atoms with van der Waals surface area (Å²) < 4.78 is 13.1. The van der Waals surface area contributed by atoms with E-state index in [9.17, 15) is 4.79 Å². The van der Waals surface area contributed by atoms with E-state index in [0.717, 1.165) is 17.1 Å². The van der Waals surface area contributed by atoms with Gasteiger partial charge in [0, 0.05) is 23.9 Å². The largest absolute Gasteiger partial charge is 0.486 e. The van der Waals surface area contributed by atoms with E-state index in [4.69, 9.17) is 9.47 Å². The third kappa shape index (κ3) is 5.01. The number of thioether (sulfide) groups is 1. The van der Waals surface area contributed by atoms with Gasteiger partial charge in [0.2, 0.25) is 5.91 Å².